The summed E-state index contributed by atoms with van der Waals surface area (Å²) in [6, 6.07) is 0. The number of aliphatic carboxylic acids is 1. The van der Waals surface area contributed by atoms with Gasteiger partial charge in [0.25, 0.3) is 0 Å². The van der Waals surface area contributed by atoms with Gasteiger partial charge in [0.05, 0.1) is 0 Å². The third kappa shape index (κ3) is 3.57. The van der Waals surface area contributed by atoms with Gasteiger partial charge in [-0.25, -0.2) is 14.3 Å². The van der Waals surface area contributed by atoms with E-state index in [0.29, 0.717) is 18.9 Å². The van der Waals surface area contributed by atoms with Crippen LogP contribution < -0.4 is 0 Å². The molecule has 2 aromatic heterocycles. The van der Waals surface area contributed by atoms with Crippen molar-refractivity contribution in [2.45, 2.75) is 32.9 Å². The third-order valence-electron chi connectivity index (χ3n) is 2.85. The van der Waals surface area contributed by atoms with Crippen molar-refractivity contribution < 1.29 is 9.90 Å². The predicted molar refractivity (Wildman–Crippen MR) is 63.0 cm³/mol. The molecule has 0 bridgehead atoms. The van der Waals surface area contributed by atoms with Crippen LogP contribution in [0, 0.1) is 5.92 Å². The SMILES string of the molecule is CCC(CC(=O)O)Cn1nnnc1Cn1cncn1. The maximum Gasteiger partial charge on any atom is 0.303 e. The maximum atomic E-state index is 10.8. The van der Waals surface area contributed by atoms with Crippen molar-refractivity contribution in [2.75, 3.05) is 0 Å². The van der Waals surface area contributed by atoms with Crippen LogP contribution in [0.15, 0.2) is 12.7 Å². The lowest BCUT2D eigenvalue weighted by Crippen LogP contribution is -2.18. The molecule has 0 aliphatic heterocycles. The molecule has 1 N–H and O–H groups in total. The first-order valence-electron chi connectivity index (χ1n) is 5.98. The molecule has 0 amide bonds. The van der Waals surface area contributed by atoms with Crippen molar-refractivity contribution in [3.63, 3.8) is 0 Å². The average Bonchev–Trinajstić information content (AvgIpc) is 3.01. The van der Waals surface area contributed by atoms with Crippen LogP contribution in [0.4, 0.5) is 0 Å². The zero-order valence-corrected chi connectivity index (χ0v) is 10.5. The van der Waals surface area contributed by atoms with Crippen molar-refractivity contribution in [2.24, 2.45) is 5.92 Å². The van der Waals surface area contributed by atoms with E-state index in [1.165, 1.54) is 6.33 Å². The van der Waals surface area contributed by atoms with Gasteiger partial charge in [0.15, 0.2) is 5.82 Å². The number of carbonyl (C=O) groups is 1. The number of hydrogen-bond acceptors (Lipinski definition) is 6. The van der Waals surface area contributed by atoms with Crippen LogP contribution in [0.3, 0.4) is 0 Å². The Kier molecular flexibility index (Phi) is 4.16. The molecular weight excluding hydrogens is 250 g/mol. The topological polar surface area (TPSA) is 112 Å². The first-order chi connectivity index (χ1) is 9.19. The molecule has 19 heavy (non-hydrogen) atoms. The number of carboxylic acids is 1. The van der Waals surface area contributed by atoms with Gasteiger partial charge in [-0.3, -0.25) is 4.79 Å². The summed E-state index contributed by atoms with van der Waals surface area (Å²) in [5.74, 6) is -0.164. The summed E-state index contributed by atoms with van der Waals surface area (Å²) in [5, 5.41) is 24.3. The lowest BCUT2D eigenvalue weighted by atomic mass is 10.0. The fraction of sp³-hybridized carbons (Fsp3) is 0.600. The molecule has 2 rings (SSSR count). The Morgan fingerprint density at radius 1 is 1.53 bits per heavy atom. The number of rotatable bonds is 7. The van der Waals surface area contributed by atoms with E-state index in [4.69, 9.17) is 5.11 Å². The molecule has 0 spiro atoms. The minimum atomic E-state index is -0.808. The molecule has 1 atom stereocenters. The molecule has 1 unspecified atom stereocenters. The summed E-state index contributed by atoms with van der Waals surface area (Å²) in [6.45, 7) is 2.85. The molecule has 0 aromatic carbocycles. The van der Waals surface area contributed by atoms with E-state index in [-0.39, 0.29) is 12.3 Å². The first kappa shape index (κ1) is 13.1. The standard InChI is InChI=1S/C10H15N7O2/c1-2-8(3-10(18)19)4-17-9(13-14-15-17)5-16-7-11-6-12-16/h6-8H,2-5H2,1H3,(H,18,19). The van der Waals surface area contributed by atoms with Crippen molar-refractivity contribution >= 4 is 5.97 Å². The molecule has 0 aliphatic rings. The number of nitrogens with zero attached hydrogens (tertiary/aromatic N) is 7. The van der Waals surface area contributed by atoms with Crippen molar-refractivity contribution in [1.29, 1.82) is 0 Å². The highest BCUT2D eigenvalue weighted by atomic mass is 16.4. The molecule has 102 valence electrons. The number of aromatic nitrogens is 7. The lowest BCUT2D eigenvalue weighted by molar-refractivity contribution is -0.138. The molecule has 0 saturated carbocycles. The van der Waals surface area contributed by atoms with Gasteiger partial charge in [-0.2, -0.15) is 5.10 Å². The quantitative estimate of drug-likeness (QED) is 0.738. The van der Waals surface area contributed by atoms with Gasteiger partial charge in [-0.05, 0) is 16.3 Å². The maximum absolute atomic E-state index is 10.8. The summed E-state index contributed by atoms with van der Waals surface area (Å²) in [4.78, 5) is 14.6. The summed E-state index contributed by atoms with van der Waals surface area (Å²) in [7, 11) is 0. The molecule has 2 heterocycles. The summed E-state index contributed by atoms with van der Waals surface area (Å²) >= 11 is 0. The van der Waals surface area contributed by atoms with E-state index in [9.17, 15) is 4.79 Å². The van der Waals surface area contributed by atoms with E-state index in [0.717, 1.165) is 6.42 Å². The van der Waals surface area contributed by atoms with Crippen LogP contribution in [0.2, 0.25) is 0 Å². The van der Waals surface area contributed by atoms with Crippen molar-refractivity contribution in [3.05, 3.63) is 18.5 Å². The zero-order valence-electron chi connectivity index (χ0n) is 10.5. The van der Waals surface area contributed by atoms with Gasteiger partial charge in [0, 0.05) is 13.0 Å². The van der Waals surface area contributed by atoms with E-state index >= 15 is 0 Å². The van der Waals surface area contributed by atoms with Crippen LogP contribution in [-0.2, 0) is 17.9 Å². The van der Waals surface area contributed by atoms with Gasteiger partial charge in [-0.15, -0.1) is 5.10 Å². The second kappa shape index (κ2) is 6.03. The van der Waals surface area contributed by atoms with Gasteiger partial charge >= 0.3 is 5.97 Å². The monoisotopic (exact) mass is 265 g/mol. The average molecular weight is 265 g/mol. The van der Waals surface area contributed by atoms with E-state index in [1.54, 1.807) is 15.7 Å². The highest BCUT2D eigenvalue weighted by Gasteiger charge is 2.15. The Morgan fingerprint density at radius 3 is 3.00 bits per heavy atom. The molecular formula is C10H15N7O2. The zero-order chi connectivity index (χ0) is 13.7. The molecule has 0 radical (unpaired) electrons. The fourth-order valence-electron chi connectivity index (χ4n) is 1.77. The predicted octanol–water partition coefficient (Wildman–Crippen LogP) is -0.186. The van der Waals surface area contributed by atoms with Crippen LogP contribution in [0.25, 0.3) is 0 Å². The molecule has 9 nitrogen and oxygen atoms in total. The van der Waals surface area contributed by atoms with E-state index < -0.39 is 5.97 Å². The Bertz CT molecular complexity index is 522. The van der Waals surface area contributed by atoms with Crippen LogP contribution in [0.5, 0.6) is 0 Å². The molecule has 0 saturated heterocycles. The smallest absolute Gasteiger partial charge is 0.303 e. The largest absolute Gasteiger partial charge is 0.481 e. The third-order valence-corrected chi connectivity index (χ3v) is 2.85. The van der Waals surface area contributed by atoms with Gasteiger partial charge < -0.3 is 5.11 Å². The first-order valence-corrected chi connectivity index (χ1v) is 5.98. The summed E-state index contributed by atoms with van der Waals surface area (Å²) in [6.07, 6.45) is 3.88. The van der Waals surface area contributed by atoms with Gasteiger partial charge in [0.2, 0.25) is 0 Å². The summed E-state index contributed by atoms with van der Waals surface area (Å²) < 4.78 is 3.24. The fourth-order valence-corrected chi connectivity index (χ4v) is 1.77. The highest BCUT2D eigenvalue weighted by molar-refractivity contribution is 5.66. The molecule has 0 aliphatic carbocycles. The Hall–Kier alpha value is -2.32. The van der Waals surface area contributed by atoms with Crippen molar-refractivity contribution in [1.82, 2.24) is 35.0 Å². The van der Waals surface area contributed by atoms with E-state index in [1.807, 2.05) is 6.92 Å². The Balaban J connectivity index is 2.04. The normalized spacial score (nSPS) is 12.5. The number of hydrogen-bond donors (Lipinski definition) is 1. The molecule has 0 fully saturated rings. The second-order valence-electron chi connectivity index (χ2n) is 4.24. The molecule has 2 aromatic rings. The minimum absolute atomic E-state index is 0.00972. The van der Waals surface area contributed by atoms with Gasteiger partial charge in [0.1, 0.15) is 19.2 Å². The second-order valence-corrected chi connectivity index (χ2v) is 4.24. The lowest BCUT2D eigenvalue weighted by Gasteiger charge is -2.12. The number of carboxylic acid groups (broad SMARTS) is 1. The highest BCUT2D eigenvalue weighted by Crippen LogP contribution is 2.11. The van der Waals surface area contributed by atoms with Crippen LogP contribution in [0.1, 0.15) is 25.6 Å². The Labute approximate surface area is 109 Å². The van der Waals surface area contributed by atoms with Gasteiger partial charge in [-0.1, -0.05) is 13.3 Å². The van der Waals surface area contributed by atoms with Crippen molar-refractivity contribution in [3.8, 4) is 0 Å². The minimum Gasteiger partial charge on any atom is -0.481 e. The summed E-state index contributed by atoms with van der Waals surface area (Å²) in [5.41, 5.74) is 0. The molecule has 9 heteroatoms. The Morgan fingerprint density at radius 2 is 2.37 bits per heavy atom. The van der Waals surface area contributed by atoms with Crippen LogP contribution in [-0.4, -0.2) is 46.0 Å². The van der Waals surface area contributed by atoms with E-state index in [2.05, 4.69) is 25.6 Å². The number of tetrazole rings is 1. The van der Waals surface area contributed by atoms with Crippen LogP contribution >= 0.6 is 0 Å².